The molecule has 1 aliphatic rings. The third-order valence-corrected chi connectivity index (χ3v) is 8.19. The van der Waals surface area contributed by atoms with Crippen molar-refractivity contribution < 1.29 is 49.1 Å². The molecule has 240 valence electrons. The molecule has 0 aliphatic carbocycles. The lowest BCUT2D eigenvalue weighted by atomic mass is 9.74. The van der Waals surface area contributed by atoms with Crippen LogP contribution in [0.4, 0.5) is 13.2 Å². The number of piperidine rings is 1. The molecular formula is C37H38F3N2O4+. The smallest absolute Gasteiger partial charge is 0.339 e. The number of nitrogens with zero attached hydrogens (tertiary/aromatic N) is 2. The normalized spacial score (nSPS) is 21.9. The molecule has 4 aromatic rings. The molecular weight excluding hydrogens is 593 g/mol. The molecule has 1 fully saturated rings. The minimum Gasteiger partial charge on any atom is -0.497 e. The van der Waals surface area contributed by atoms with Crippen molar-refractivity contribution in [2.24, 2.45) is 5.92 Å². The fourth-order valence-electron chi connectivity index (χ4n) is 5.95. The summed E-state index contributed by atoms with van der Waals surface area (Å²) in [5.74, 6) is -7.23. The Morgan fingerprint density at radius 3 is 2.35 bits per heavy atom. The van der Waals surface area contributed by atoms with E-state index in [0.29, 0.717) is 17.7 Å². The number of hydrogen-bond donors (Lipinski definition) is 0. The summed E-state index contributed by atoms with van der Waals surface area (Å²) in [7, 11) is -2.90. The molecule has 1 aliphatic heterocycles. The maximum Gasteiger partial charge on any atom is 0.339 e. The third kappa shape index (κ3) is 7.42. The molecule has 6 nitrogen and oxygen atoms in total. The lowest BCUT2D eigenvalue weighted by Gasteiger charge is -2.49. The van der Waals surface area contributed by atoms with Gasteiger partial charge in [0.05, 0.1) is 57.8 Å². The molecule has 1 saturated heterocycles. The van der Waals surface area contributed by atoms with E-state index in [-0.39, 0.29) is 29.8 Å². The summed E-state index contributed by atoms with van der Waals surface area (Å²) in [6.07, 6.45) is -1.02. The number of halogens is 3. The second kappa shape index (κ2) is 13.8. The molecule has 2 atom stereocenters. The van der Waals surface area contributed by atoms with E-state index in [1.807, 2.05) is 0 Å². The number of hydrogen-bond acceptors (Lipinski definition) is 4. The van der Waals surface area contributed by atoms with Gasteiger partial charge in [0.15, 0.2) is 11.6 Å². The number of quaternary nitrogens is 1. The first-order valence-corrected chi connectivity index (χ1v) is 14.5. The summed E-state index contributed by atoms with van der Waals surface area (Å²) >= 11 is 0. The Balaban J connectivity index is 1.71. The quantitative estimate of drug-likeness (QED) is 0.112. The molecule has 0 N–H and O–H groups in total. The SMILES string of the molecule is [2H]C([2H])([2H])Oc1cccc([C@]2(OC(=O)c3ccccc3)CCN(C(=O)Cc3cc(F)c(F)cc3F)C[C@H]2C[N+](Cc2ccccc2)(C([2H])([2H])[2H])C([2H])([2H])[2H])c1. The van der Waals surface area contributed by atoms with Gasteiger partial charge in [0.1, 0.15) is 23.7 Å². The van der Waals surface area contributed by atoms with Crippen LogP contribution >= 0.6 is 0 Å². The fraction of sp³-hybridized carbons (Fsp3) is 0.297. The highest BCUT2D eigenvalue weighted by molar-refractivity contribution is 5.89. The largest absolute Gasteiger partial charge is 0.497 e. The van der Waals surface area contributed by atoms with Gasteiger partial charge < -0.3 is 18.9 Å². The van der Waals surface area contributed by atoms with Gasteiger partial charge in [-0.2, -0.15) is 0 Å². The summed E-state index contributed by atoms with van der Waals surface area (Å²) in [6.45, 7) is -8.50. The van der Waals surface area contributed by atoms with Crippen molar-refractivity contribution in [3.8, 4) is 5.75 Å². The predicted octanol–water partition coefficient (Wildman–Crippen LogP) is 6.53. The Labute approximate surface area is 280 Å². The number of carbonyl (C=O) groups is 2. The van der Waals surface area contributed by atoms with Crippen LogP contribution in [0, 0.1) is 23.4 Å². The van der Waals surface area contributed by atoms with E-state index in [2.05, 4.69) is 0 Å². The first-order chi connectivity index (χ1) is 25.6. The number of methoxy groups -OCH3 is 1. The summed E-state index contributed by atoms with van der Waals surface area (Å²) in [4.78, 5) is 29.0. The van der Waals surface area contributed by atoms with E-state index in [1.54, 1.807) is 48.5 Å². The van der Waals surface area contributed by atoms with Gasteiger partial charge in [0.25, 0.3) is 0 Å². The van der Waals surface area contributed by atoms with Crippen LogP contribution in [0.2, 0.25) is 0 Å². The zero-order chi connectivity index (χ0) is 40.4. The van der Waals surface area contributed by atoms with Crippen molar-refractivity contribution in [2.75, 3.05) is 40.6 Å². The third-order valence-electron chi connectivity index (χ3n) is 8.19. The van der Waals surface area contributed by atoms with Crippen molar-refractivity contribution in [3.05, 3.63) is 137 Å². The van der Waals surface area contributed by atoms with Crippen LogP contribution in [0.25, 0.3) is 0 Å². The lowest BCUT2D eigenvalue weighted by molar-refractivity contribution is -0.908. The van der Waals surface area contributed by atoms with Gasteiger partial charge in [0.2, 0.25) is 5.91 Å². The molecule has 1 amide bonds. The number of carbonyl (C=O) groups excluding carboxylic acids is 2. The Hall–Kier alpha value is -4.63. The van der Waals surface area contributed by atoms with Gasteiger partial charge in [-0.05, 0) is 35.9 Å². The number of benzene rings is 4. The zero-order valence-corrected chi connectivity index (χ0v) is 24.7. The monoisotopic (exact) mass is 640 g/mol. The summed E-state index contributed by atoms with van der Waals surface area (Å²) < 4.78 is 128. The molecule has 0 radical (unpaired) electrons. The van der Waals surface area contributed by atoms with Crippen LogP contribution in [0.1, 0.15) is 45.8 Å². The molecule has 0 spiro atoms. The van der Waals surface area contributed by atoms with Crippen LogP contribution in [0.3, 0.4) is 0 Å². The Morgan fingerprint density at radius 1 is 0.913 bits per heavy atom. The topological polar surface area (TPSA) is 55.8 Å². The van der Waals surface area contributed by atoms with E-state index in [1.165, 1.54) is 41.3 Å². The summed E-state index contributed by atoms with van der Waals surface area (Å²) in [5, 5.41) is 0. The molecule has 1 heterocycles. The van der Waals surface area contributed by atoms with Crippen LogP contribution in [0.5, 0.6) is 5.75 Å². The fourth-order valence-corrected chi connectivity index (χ4v) is 5.95. The highest BCUT2D eigenvalue weighted by atomic mass is 19.2. The van der Waals surface area contributed by atoms with Crippen LogP contribution in [0.15, 0.2) is 97.1 Å². The zero-order valence-electron chi connectivity index (χ0n) is 33.7. The highest BCUT2D eigenvalue weighted by Gasteiger charge is 2.51. The van der Waals surface area contributed by atoms with Gasteiger partial charge in [0, 0.05) is 36.7 Å². The number of esters is 1. The molecule has 0 saturated carbocycles. The molecule has 46 heavy (non-hydrogen) atoms. The second-order valence-electron chi connectivity index (χ2n) is 11.4. The van der Waals surface area contributed by atoms with E-state index in [0.717, 1.165) is 0 Å². The van der Waals surface area contributed by atoms with Crippen LogP contribution in [-0.4, -0.2) is 61.9 Å². The van der Waals surface area contributed by atoms with Gasteiger partial charge >= 0.3 is 5.97 Å². The van der Waals surface area contributed by atoms with Crippen molar-refractivity contribution in [3.63, 3.8) is 0 Å². The molecule has 9 heteroatoms. The molecule has 0 aromatic heterocycles. The summed E-state index contributed by atoms with van der Waals surface area (Å²) in [6, 6.07) is 22.2. The minimum absolute atomic E-state index is 0.0829. The Bertz CT molecular complexity index is 1980. The molecule has 0 bridgehead atoms. The van der Waals surface area contributed by atoms with E-state index < -0.39 is 97.9 Å². The highest BCUT2D eigenvalue weighted by Crippen LogP contribution is 2.44. The molecule has 5 rings (SSSR count). The number of ether oxygens (including phenoxy) is 2. The Kier molecular flexibility index (Phi) is 6.84. The van der Waals surface area contributed by atoms with Crippen molar-refractivity contribution in [1.82, 2.24) is 4.90 Å². The van der Waals surface area contributed by atoms with E-state index >= 15 is 0 Å². The maximum atomic E-state index is 14.7. The van der Waals surface area contributed by atoms with Gasteiger partial charge in [-0.15, -0.1) is 0 Å². The average molecular weight is 641 g/mol. The van der Waals surface area contributed by atoms with Gasteiger partial charge in [-0.1, -0.05) is 60.7 Å². The number of amides is 1. The van der Waals surface area contributed by atoms with E-state index in [9.17, 15) is 22.8 Å². The molecule has 4 aromatic carbocycles. The van der Waals surface area contributed by atoms with Gasteiger partial charge in [-0.3, -0.25) is 4.79 Å². The standard InChI is InChI=1S/C37H38F3N2O4/c1-42(2,24-26-11-6-4-7-12-26)25-30-23-41(35(43)20-28-19-33(39)34(40)22-32(28)38)18-17-37(30,29-15-10-16-31(21-29)45-3)46-36(44)27-13-8-5-9-14-27/h4-16,19,21-22,30H,17-18,20,23-25H2,1-3H3/q+1/t30-,37+/m0/s1/i1D3,2D3,3D3. The first-order valence-electron chi connectivity index (χ1n) is 19.0. The Morgan fingerprint density at radius 2 is 1.63 bits per heavy atom. The number of rotatable bonds is 10. The van der Waals surface area contributed by atoms with Crippen molar-refractivity contribution in [2.45, 2.75) is 25.0 Å². The first kappa shape index (κ1) is 22.8. The van der Waals surface area contributed by atoms with Crippen LogP contribution in [-0.2, 0) is 28.1 Å². The average Bonchev–Trinajstić information content (AvgIpc) is 3.10. The van der Waals surface area contributed by atoms with Crippen molar-refractivity contribution >= 4 is 11.9 Å². The summed E-state index contributed by atoms with van der Waals surface area (Å²) in [5.41, 5.74) is -1.83. The molecule has 0 unspecified atom stereocenters. The second-order valence-corrected chi connectivity index (χ2v) is 11.4. The predicted molar refractivity (Wildman–Crippen MR) is 168 cm³/mol. The lowest BCUT2D eigenvalue weighted by Crippen LogP contribution is -2.59. The van der Waals surface area contributed by atoms with Crippen molar-refractivity contribution in [1.29, 1.82) is 0 Å². The maximum absolute atomic E-state index is 14.7. The van der Waals surface area contributed by atoms with Crippen LogP contribution < -0.4 is 4.74 Å². The minimum atomic E-state index is -3.25. The number of likely N-dealkylation sites (tertiary alicyclic amines) is 1. The van der Waals surface area contributed by atoms with E-state index in [4.69, 9.17) is 21.8 Å². The van der Waals surface area contributed by atoms with Gasteiger partial charge in [-0.25, -0.2) is 18.0 Å².